The summed E-state index contributed by atoms with van der Waals surface area (Å²) >= 11 is 7.68. The van der Waals surface area contributed by atoms with Crippen molar-refractivity contribution < 1.29 is 0 Å². The standard InChI is InChI=1S/C18H14ClNS/c1-2-21-18-10-8-15(19)12-17(18)20-16-9-7-13-5-3-4-6-14(13)11-16/h2-12,20H,1H2. The van der Waals surface area contributed by atoms with E-state index in [0.717, 1.165) is 16.3 Å². The molecule has 0 aliphatic carbocycles. The average molecular weight is 312 g/mol. The predicted octanol–water partition coefficient (Wildman–Crippen LogP) is 6.47. The lowest BCUT2D eigenvalue weighted by Crippen LogP contribution is -1.92. The molecule has 0 amide bonds. The van der Waals surface area contributed by atoms with Gasteiger partial charge in [-0.3, -0.25) is 0 Å². The monoisotopic (exact) mass is 311 g/mol. The predicted molar refractivity (Wildman–Crippen MR) is 94.7 cm³/mol. The summed E-state index contributed by atoms with van der Waals surface area (Å²) in [6, 6.07) is 20.5. The van der Waals surface area contributed by atoms with E-state index >= 15 is 0 Å². The molecule has 0 spiro atoms. The fourth-order valence-corrected chi connectivity index (χ4v) is 2.95. The van der Waals surface area contributed by atoms with Crippen LogP contribution in [0.25, 0.3) is 10.8 Å². The quantitative estimate of drug-likeness (QED) is 0.554. The topological polar surface area (TPSA) is 12.0 Å². The lowest BCUT2D eigenvalue weighted by Gasteiger charge is -2.12. The largest absolute Gasteiger partial charge is 0.355 e. The number of fused-ring (bicyclic) bond motifs is 1. The maximum absolute atomic E-state index is 6.10. The van der Waals surface area contributed by atoms with Crippen LogP contribution >= 0.6 is 23.4 Å². The Morgan fingerprint density at radius 2 is 1.76 bits per heavy atom. The van der Waals surface area contributed by atoms with E-state index in [4.69, 9.17) is 11.6 Å². The second kappa shape index (κ2) is 6.25. The van der Waals surface area contributed by atoms with E-state index in [1.807, 2.05) is 35.7 Å². The first-order valence-electron chi connectivity index (χ1n) is 6.59. The molecule has 0 radical (unpaired) electrons. The molecule has 0 saturated heterocycles. The Kier molecular flexibility index (Phi) is 4.18. The number of halogens is 1. The van der Waals surface area contributed by atoms with E-state index < -0.39 is 0 Å². The summed E-state index contributed by atoms with van der Waals surface area (Å²) < 4.78 is 0. The number of hydrogen-bond acceptors (Lipinski definition) is 2. The highest BCUT2D eigenvalue weighted by molar-refractivity contribution is 8.02. The van der Waals surface area contributed by atoms with Crippen molar-refractivity contribution in [2.24, 2.45) is 0 Å². The summed E-state index contributed by atoms with van der Waals surface area (Å²) in [4.78, 5) is 1.10. The average Bonchev–Trinajstić information content (AvgIpc) is 2.50. The lowest BCUT2D eigenvalue weighted by atomic mass is 10.1. The second-order valence-electron chi connectivity index (χ2n) is 4.61. The van der Waals surface area contributed by atoms with Gasteiger partial charge in [0.2, 0.25) is 0 Å². The van der Waals surface area contributed by atoms with Gasteiger partial charge >= 0.3 is 0 Å². The molecule has 21 heavy (non-hydrogen) atoms. The van der Waals surface area contributed by atoms with Crippen molar-refractivity contribution in [3.8, 4) is 0 Å². The molecule has 0 aliphatic heterocycles. The first-order valence-corrected chi connectivity index (χ1v) is 7.85. The van der Waals surface area contributed by atoms with Crippen LogP contribution in [-0.2, 0) is 0 Å². The van der Waals surface area contributed by atoms with Gasteiger partial charge in [0.25, 0.3) is 0 Å². The maximum atomic E-state index is 6.10. The Hall–Kier alpha value is -1.90. The zero-order valence-corrected chi connectivity index (χ0v) is 12.9. The van der Waals surface area contributed by atoms with Crippen LogP contribution < -0.4 is 5.32 Å². The molecule has 0 atom stereocenters. The molecule has 3 heteroatoms. The minimum atomic E-state index is 0.715. The van der Waals surface area contributed by atoms with Gasteiger partial charge in [-0.05, 0) is 46.5 Å². The Balaban J connectivity index is 1.97. The van der Waals surface area contributed by atoms with Gasteiger partial charge in [-0.25, -0.2) is 0 Å². The zero-order chi connectivity index (χ0) is 14.7. The van der Waals surface area contributed by atoms with Crippen LogP contribution in [0.1, 0.15) is 0 Å². The van der Waals surface area contributed by atoms with E-state index in [0.29, 0.717) is 5.02 Å². The van der Waals surface area contributed by atoms with Crippen LogP contribution in [-0.4, -0.2) is 0 Å². The summed E-state index contributed by atoms with van der Waals surface area (Å²) in [5.41, 5.74) is 2.03. The zero-order valence-electron chi connectivity index (χ0n) is 11.3. The van der Waals surface area contributed by atoms with Crippen molar-refractivity contribution in [2.75, 3.05) is 5.32 Å². The molecule has 0 fully saturated rings. The molecule has 1 N–H and O–H groups in total. The van der Waals surface area contributed by atoms with Gasteiger partial charge in [0.15, 0.2) is 0 Å². The highest BCUT2D eigenvalue weighted by Gasteiger charge is 2.04. The second-order valence-corrected chi connectivity index (χ2v) is 6.06. The Labute approximate surface area is 133 Å². The van der Waals surface area contributed by atoms with Crippen molar-refractivity contribution in [3.05, 3.63) is 77.7 Å². The minimum Gasteiger partial charge on any atom is -0.355 e. The Morgan fingerprint density at radius 3 is 2.57 bits per heavy atom. The fraction of sp³-hybridized carbons (Fsp3) is 0. The third kappa shape index (κ3) is 3.23. The fourth-order valence-electron chi connectivity index (χ4n) is 2.22. The number of anilines is 2. The summed E-state index contributed by atoms with van der Waals surface area (Å²) in [6.07, 6.45) is 0. The number of nitrogens with one attached hydrogen (secondary N) is 1. The molecule has 0 unspecified atom stereocenters. The molecule has 0 aromatic heterocycles. The van der Waals surface area contributed by atoms with Crippen LogP contribution in [0.15, 0.2) is 77.5 Å². The normalized spacial score (nSPS) is 10.5. The molecule has 3 rings (SSSR count). The van der Waals surface area contributed by atoms with E-state index in [9.17, 15) is 0 Å². The van der Waals surface area contributed by atoms with Crippen LogP contribution in [0.3, 0.4) is 0 Å². The lowest BCUT2D eigenvalue weighted by molar-refractivity contribution is 1.42. The third-order valence-corrected chi connectivity index (χ3v) is 4.19. The van der Waals surface area contributed by atoms with Crippen LogP contribution in [0.2, 0.25) is 5.02 Å². The SMILES string of the molecule is C=CSc1ccc(Cl)cc1Nc1ccc2ccccc2c1. The highest BCUT2D eigenvalue weighted by Crippen LogP contribution is 2.33. The van der Waals surface area contributed by atoms with Crippen molar-refractivity contribution in [2.45, 2.75) is 4.90 Å². The van der Waals surface area contributed by atoms with Gasteiger partial charge < -0.3 is 5.32 Å². The maximum Gasteiger partial charge on any atom is 0.0540 e. The van der Waals surface area contributed by atoms with E-state index in [2.05, 4.69) is 42.2 Å². The molecule has 1 nitrogen and oxygen atoms in total. The molecular formula is C18H14ClNS. The first kappa shape index (κ1) is 14.1. The van der Waals surface area contributed by atoms with Gasteiger partial charge in [0, 0.05) is 15.6 Å². The van der Waals surface area contributed by atoms with Crippen molar-refractivity contribution in [3.63, 3.8) is 0 Å². The third-order valence-electron chi connectivity index (χ3n) is 3.18. The van der Waals surface area contributed by atoms with E-state index in [1.165, 1.54) is 10.8 Å². The Morgan fingerprint density at radius 1 is 0.952 bits per heavy atom. The van der Waals surface area contributed by atoms with Gasteiger partial charge in [0.05, 0.1) is 5.69 Å². The number of thioether (sulfide) groups is 1. The van der Waals surface area contributed by atoms with Crippen LogP contribution in [0.4, 0.5) is 11.4 Å². The molecule has 0 aliphatic rings. The Bertz CT molecular complexity index is 798. The van der Waals surface area contributed by atoms with Gasteiger partial charge in [-0.15, -0.1) is 0 Å². The summed E-state index contributed by atoms with van der Waals surface area (Å²) in [6.45, 7) is 3.77. The highest BCUT2D eigenvalue weighted by atomic mass is 35.5. The van der Waals surface area contributed by atoms with Gasteiger partial charge in [-0.1, -0.05) is 60.3 Å². The van der Waals surface area contributed by atoms with E-state index in [-0.39, 0.29) is 0 Å². The van der Waals surface area contributed by atoms with Gasteiger partial charge in [0.1, 0.15) is 0 Å². The number of benzene rings is 3. The summed E-state index contributed by atoms with van der Waals surface area (Å²) in [5.74, 6) is 0. The van der Waals surface area contributed by atoms with Crippen molar-refractivity contribution >= 4 is 45.5 Å². The molecular weight excluding hydrogens is 298 g/mol. The summed E-state index contributed by atoms with van der Waals surface area (Å²) in [7, 11) is 0. The minimum absolute atomic E-state index is 0.715. The summed E-state index contributed by atoms with van der Waals surface area (Å²) in [5, 5.41) is 8.41. The first-order chi connectivity index (χ1) is 10.3. The van der Waals surface area contributed by atoms with Gasteiger partial charge in [-0.2, -0.15) is 0 Å². The molecule has 3 aromatic rings. The molecule has 0 saturated carbocycles. The van der Waals surface area contributed by atoms with Crippen molar-refractivity contribution in [1.29, 1.82) is 0 Å². The molecule has 0 bridgehead atoms. The molecule has 104 valence electrons. The van der Waals surface area contributed by atoms with E-state index in [1.54, 1.807) is 11.8 Å². The number of rotatable bonds is 4. The van der Waals surface area contributed by atoms with Crippen molar-refractivity contribution in [1.82, 2.24) is 0 Å². The molecule has 3 aromatic carbocycles. The smallest absolute Gasteiger partial charge is 0.0540 e. The van der Waals surface area contributed by atoms with Crippen LogP contribution in [0, 0.1) is 0 Å². The van der Waals surface area contributed by atoms with Crippen LogP contribution in [0.5, 0.6) is 0 Å². The number of hydrogen-bond donors (Lipinski definition) is 1. The molecule has 0 heterocycles.